The van der Waals surface area contributed by atoms with Crippen LogP contribution in [0.3, 0.4) is 0 Å². The number of hydrogen-bond acceptors (Lipinski definition) is 4. The van der Waals surface area contributed by atoms with Crippen LogP contribution < -0.4 is 20.1 Å². The summed E-state index contributed by atoms with van der Waals surface area (Å²) in [6.07, 6.45) is 2.78. The van der Waals surface area contributed by atoms with Crippen LogP contribution in [0.1, 0.15) is 30.0 Å². The number of pyridine rings is 1. The Labute approximate surface area is 178 Å². The van der Waals surface area contributed by atoms with Gasteiger partial charge in [0.2, 0.25) is 5.88 Å². The molecule has 148 valence electrons. The number of guanidine groups is 1. The van der Waals surface area contributed by atoms with Crippen LogP contribution in [0.15, 0.2) is 41.5 Å². The van der Waals surface area contributed by atoms with Crippen molar-refractivity contribution < 1.29 is 9.47 Å². The van der Waals surface area contributed by atoms with Crippen molar-refractivity contribution >= 4 is 29.9 Å². The van der Waals surface area contributed by atoms with E-state index in [1.54, 1.807) is 14.2 Å². The Morgan fingerprint density at radius 2 is 1.93 bits per heavy atom. The molecule has 0 amide bonds. The van der Waals surface area contributed by atoms with Gasteiger partial charge >= 0.3 is 0 Å². The minimum Gasteiger partial charge on any atom is -0.496 e. The maximum absolute atomic E-state index is 5.50. The lowest BCUT2D eigenvalue weighted by Gasteiger charge is -2.14. The van der Waals surface area contributed by atoms with E-state index in [2.05, 4.69) is 39.7 Å². The lowest BCUT2D eigenvalue weighted by Crippen LogP contribution is -2.36. The smallest absolute Gasteiger partial charge is 0.213 e. The predicted molar refractivity (Wildman–Crippen MR) is 120 cm³/mol. The fraction of sp³-hybridized carbons (Fsp3) is 0.400. The SMILES string of the molecule is CCCOc1ccc(CNC(=NC)NCc2ccc(C)cc2OC)cn1.I. The fourth-order valence-electron chi connectivity index (χ4n) is 2.39. The molecule has 2 aromatic rings. The van der Waals surface area contributed by atoms with Crippen molar-refractivity contribution in [2.24, 2.45) is 4.99 Å². The van der Waals surface area contributed by atoms with E-state index in [0.717, 1.165) is 29.3 Å². The van der Waals surface area contributed by atoms with Gasteiger partial charge < -0.3 is 20.1 Å². The van der Waals surface area contributed by atoms with Gasteiger partial charge in [-0.2, -0.15) is 0 Å². The first kappa shape index (κ1) is 23.0. The van der Waals surface area contributed by atoms with E-state index >= 15 is 0 Å². The maximum atomic E-state index is 5.50. The van der Waals surface area contributed by atoms with Gasteiger partial charge in [-0.25, -0.2) is 4.98 Å². The second-order valence-electron chi connectivity index (χ2n) is 5.95. The molecule has 0 atom stereocenters. The minimum absolute atomic E-state index is 0. The van der Waals surface area contributed by atoms with E-state index in [0.29, 0.717) is 25.6 Å². The highest BCUT2D eigenvalue weighted by Crippen LogP contribution is 2.19. The number of methoxy groups -OCH3 is 1. The van der Waals surface area contributed by atoms with Gasteiger partial charge in [-0.1, -0.05) is 25.1 Å². The number of rotatable bonds is 8. The average Bonchev–Trinajstić information content (AvgIpc) is 2.68. The first-order valence-corrected chi connectivity index (χ1v) is 8.82. The van der Waals surface area contributed by atoms with Gasteiger partial charge in [0.05, 0.1) is 13.7 Å². The summed E-state index contributed by atoms with van der Waals surface area (Å²) in [4.78, 5) is 8.56. The molecule has 1 aromatic heterocycles. The molecule has 0 unspecified atom stereocenters. The number of benzene rings is 1. The molecule has 0 aliphatic carbocycles. The van der Waals surface area contributed by atoms with Gasteiger partial charge in [0.25, 0.3) is 0 Å². The molecule has 27 heavy (non-hydrogen) atoms. The van der Waals surface area contributed by atoms with Crippen LogP contribution in [0.4, 0.5) is 0 Å². The number of nitrogens with one attached hydrogen (secondary N) is 2. The topological polar surface area (TPSA) is 67.8 Å². The molecule has 0 saturated heterocycles. The van der Waals surface area contributed by atoms with Crippen LogP contribution >= 0.6 is 24.0 Å². The lowest BCUT2D eigenvalue weighted by atomic mass is 10.1. The van der Waals surface area contributed by atoms with Crippen molar-refractivity contribution in [1.82, 2.24) is 15.6 Å². The minimum atomic E-state index is 0. The lowest BCUT2D eigenvalue weighted by molar-refractivity contribution is 0.305. The quantitative estimate of drug-likeness (QED) is 0.340. The number of hydrogen-bond donors (Lipinski definition) is 2. The molecule has 1 aromatic carbocycles. The highest BCUT2D eigenvalue weighted by Gasteiger charge is 2.05. The zero-order chi connectivity index (χ0) is 18.8. The van der Waals surface area contributed by atoms with Crippen molar-refractivity contribution in [3.05, 3.63) is 53.2 Å². The van der Waals surface area contributed by atoms with Gasteiger partial charge in [-0.15, -0.1) is 24.0 Å². The van der Waals surface area contributed by atoms with Crippen molar-refractivity contribution in [3.8, 4) is 11.6 Å². The van der Waals surface area contributed by atoms with E-state index < -0.39 is 0 Å². The monoisotopic (exact) mass is 484 g/mol. The number of aromatic nitrogens is 1. The van der Waals surface area contributed by atoms with Gasteiger partial charge in [0, 0.05) is 38.0 Å². The summed E-state index contributed by atoms with van der Waals surface area (Å²) in [6.45, 7) is 6.07. The molecular weight excluding hydrogens is 455 g/mol. The highest BCUT2D eigenvalue weighted by atomic mass is 127. The zero-order valence-corrected chi connectivity index (χ0v) is 18.7. The van der Waals surface area contributed by atoms with Gasteiger partial charge in [-0.05, 0) is 30.5 Å². The fourth-order valence-corrected chi connectivity index (χ4v) is 2.39. The molecule has 0 aliphatic rings. The van der Waals surface area contributed by atoms with E-state index in [1.807, 2.05) is 31.3 Å². The molecule has 0 spiro atoms. The van der Waals surface area contributed by atoms with Gasteiger partial charge in [-0.3, -0.25) is 4.99 Å². The third kappa shape index (κ3) is 7.62. The van der Waals surface area contributed by atoms with Crippen LogP contribution in [0.5, 0.6) is 11.6 Å². The largest absolute Gasteiger partial charge is 0.496 e. The van der Waals surface area contributed by atoms with E-state index in [4.69, 9.17) is 9.47 Å². The standard InChI is InChI=1S/C20H28N4O2.HI/c1-5-10-26-19-9-7-16(12-22-19)13-23-20(21-3)24-14-17-8-6-15(2)11-18(17)25-4;/h6-9,11-12H,5,10,13-14H2,1-4H3,(H2,21,23,24);1H. The Hall–Kier alpha value is -2.03. The Kier molecular flexibility index (Phi) is 10.5. The number of aryl methyl sites for hydroxylation is 1. The molecule has 7 heteroatoms. The van der Waals surface area contributed by atoms with Crippen molar-refractivity contribution in [3.63, 3.8) is 0 Å². The van der Waals surface area contributed by atoms with Gasteiger partial charge in [0.15, 0.2) is 5.96 Å². The Bertz CT molecular complexity index is 720. The number of halogens is 1. The third-order valence-electron chi connectivity index (χ3n) is 3.82. The maximum Gasteiger partial charge on any atom is 0.213 e. The number of nitrogens with zero attached hydrogens (tertiary/aromatic N) is 2. The Morgan fingerprint density at radius 1 is 1.15 bits per heavy atom. The molecule has 0 radical (unpaired) electrons. The predicted octanol–water partition coefficient (Wildman–Crippen LogP) is 3.67. The third-order valence-corrected chi connectivity index (χ3v) is 3.82. The summed E-state index contributed by atoms with van der Waals surface area (Å²) >= 11 is 0. The average molecular weight is 484 g/mol. The van der Waals surface area contributed by atoms with Gasteiger partial charge in [0.1, 0.15) is 5.75 Å². The second kappa shape index (κ2) is 12.4. The first-order valence-electron chi connectivity index (χ1n) is 8.82. The molecule has 6 nitrogen and oxygen atoms in total. The molecule has 0 aliphatic heterocycles. The van der Waals surface area contributed by atoms with E-state index in [1.165, 1.54) is 5.56 Å². The van der Waals surface area contributed by atoms with Crippen LogP contribution in [-0.4, -0.2) is 31.7 Å². The van der Waals surface area contributed by atoms with Crippen LogP contribution in [0, 0.1) is 6.92 Å². The normalized spacial score (nSPS) is 10.7. The van der Waals surface area contributed by atoms with Crippen molar-refractivity contribution in [1.29, 1.82) is 0 Å². The van der Waals surface area contributed by atoms with Crippen LogP contribution in [0.25, 0.3) is 0 Å². The zero-order valence-electron chi connectivity index (χ0n) is 16.4. The highest BCUT2D eigenvalue weighted by molar-refractivity contribution is 14.0. The first-order chi connectivity index (χ1) is 12.7. The molecule has 0 saturated carbocycles. The molecule has 1 heterocycles. The molecule has 2 N–H and O–H groups in total. The Morgan fingerprint density at radius 3 is 2.56 bits per heavy atom. The summed E-state index contributed by atoms with van der Waals surface area (Å²) in [5, 5.41) is 6.59. The van der Waals surface area contributed by atoms with Crippen LogP contribution in [0.2, 0.25) is 0 Å². The van der Waals surface area contributed by atoms with E-state index in [9.17, 15) is 0 Å². The van der Waals surface area contributed by atoms with Crippen molar-refractivity contribution in [2.75, 3.05) is 20.8 Å². The Balaban J connectivity index is 0.00000364. The molecule has 0 bridgehead atoms. The number of aliphatic imine (C=N–C) groups is 1. The summed E-state index contributed by atoms with van der Waals surface area (Å²) in [5.74, 6) is 2.25. The summed E-state index contributed by atoms with van der Waals surface area (Å²) in [5.41, 5.74) is 3.32. The van der Waals surface area contributed by atoms with Crippen LogP contribution in [-0.2, 0) is 13.1 Å². The summed E-state index contributed by atoms with van der Waals surface area (Å²) < 4.78 is 10.9. The summed E-state index contributed by atoms with van der Waals surface area (Å²) in [7, 11) is 3.44. The second-order valence-corrected chi connectivity index (χ2v) is 5.95. The molecular formula is C20H29IN4O2. The molecule has 2 rings (SSSR count). The number of ether oxygens (including phenoxy) is 2. The van der Waals surface area contributed by atoms with E-state index in [-0.39, 0.29) is 24.0 Å². The molecule has 0 fully saturated rings. The summed E-state index contributed by atoms with van der Waals surface area (Å²) in [6, 6.07) is 10.1. The van der Waals surface area contributed by atoms with Crippen molar-refractivity contribution in [2.45, 2.75) is 33.4 Å².